The Balaban J connectivity index is 2.91. The van der Waals surface area contributed by atoms with E-state index in [0.29, 0.717) is 12.1 Å². The van der Waals surface area contributed by atoms with Gasteiger partial charge in [0, 0.05) is 5.56 Å². The summed E-state index contributed by atoms with van der Waals surface area (Å²) in [6, 6.07) is 1.79. The Morgan fingerprint density at radius 3 is 2.29 bits per heavy atom. The molecule has 1 aromatic rings. The number of alkyl halides is 3. The summed E-state index contributed by atoms with van der Waals surface area (Å²) in [6.07, 6.45) is -3.88. The lowest BCUT2D eigenvalue weighted by molar-refractivity contribution is -0.137. The average Bonchev–Trinajstić information content (AvgIpc) is 2.12. The molecule has 0 atom stereocenters. The molecule has 3 nitrogen and oxygen atoms in total. The molecule has 0 amide bonds. The molecule has 1 aromatic carbocycles. The predicted octanol–water partition coefficient (Wildman–Crippen LogP) is 2.32. The van der Waals surface area contributed by atoms with E-state index in [-0.39, 0.29) is 5.56 Å². The second-order valence-corrected chi connectivity index (χ2v) is 4.91. The van der Waals surface area contributed by atoms with E-state index in [0.717, 1.165) is 12.3 Å². The van der Waals surface area contributed by atoms with Crippen molar-refractivity contribution < 1.29 is 30.2 Å². The lowest BCUT2D eigenvalue weighted by Gasteiger charge is -2.08. The minimum Gasteiger partial charge on any atom is -0.265 e. The monoisotopic (exact) mass is 272 g/mol. The van der Waals surface area contributed by atoms with E-state index in [1.54, 1.807) is 0 Å². The molecule has 0 saturated heterocycles. The van der Waals surface area contributed by atoms with Crippen LogP contribution in [-0.4, -0.2) is 14.7 Å². The Bertz CT molecular complexity index is 507. The van der Waals surface area contributed by atoms with Crippen LogP contribution < -0.4 is 0 Å². The molecule has 8 heteroatoms. The lowest BCUT2D eigenvalue weighted by atomic mass is 10.1. The van der Waals surface area contributed by atoms with Crippen LogP contribution >= 0.6 is 0 Å². The van der Waals surface area contributed by atoms with Gasteiger partial charge in [-0.15, -0.1) is 0 Å². The quantitative estimate of drug-likeness (QED) is 0.626. The fourth-order valence-electron chi connectivity index (χ4n) is 1.01. The Kier molecular flexibility index (Phi) is 3.78. The van der Waals surface area contributed by atoms with Crippen molar-refractivity contribution in [1.82, 2.24) is 0 Å². The Labute approximate surface area is 95.1 Å². The number of halogens is 4. The van der Waals surface area contributed by atoms with Crippen LogP contribution in [0.15, 0.2) is 18.2 Å². The summed E-state index contributed by atoms with van der Waals surface area (Å²) >= 11 is 0. The third-order valence-corrected chi connectivity index (χ3v) is 2.35. The minimum atomic E-state index is -4.64. The molecule has 0 bridgehead atoms. The molecule has 0 spiro atoms. The first-order valence-electron chi connectivity index (χ1n) is 4.29. The van der Waals surface area contributed by atoms with Crippen LogP contribution in [0.5, 0.6) is 0 Å². The van der Waals surface area contributed by atoms with Gasteiger partial charge in [0.05, 0.1) is 18.4 Å². The maximum Gasteiger partial charge on any atom is 0.416 e. The molecule has 17 heavy (non-hydrogen) atoms. The molecule has 0 aromatic heterocycles. The standard InChI is InChI=1S/C9H8F4O3S/c1-17(14,15)16-5-6-2-3-7(4-8(6)10)9(11,12)13/h2-4H,5H2,1H3. The van der Waals surface area contributed by atoms with Gasteiger partial charge < -0.3 is 0 Å². The van der Waals surface area contributed by atoms with E-state index in [9.17, 15) is 26.0 Å². The van der Waals surface area contributed by atoms with Crippen LogP contribution in [0.1, 0.15) is 11.1 Å². The molecule has 96 valence electrons. The summed E-state index contributed by atoms with van der Waals surface area (Å²) < 4.78 is 75.2. The van der Waals surface area contributed by atoms with Gasteiger partial charge in [-0.05, 0) is 12.1 Å². The largest absolute Gasteiger partial charge is 0.416 e. The van der Waals surface area contributed by atoms with Crippen LogP contribution in [0.25, 0.3) is 0 Å². The molecule has 0 radical (unpaired) electrons. The van der Waals surface area contributed by atoms with Gasteiger partial charge in [0.25, 0.3) is 10.1 Å². The van der Waals surface area contributed by atoms with E-state index in [4.69, 9.17) is 0 Å². The third kappa shape index (κ3) is 4.31. The highest BCUT2D eigenvalue weighted by Crippen LogP contribution is 2.30. The van der Waals surface area contributed by atoms with Crippen LogP contribution in [0.2, 0.25) is 0 Å². The van der Waals surface area contributed by atoms with Gasteiger partial charge in [0.15, 0.2) is 0 Å². The minimum absolute atomic E-state index is 0.261. The molecular weight excluding hydrogens is 264 g/mol. The Hall–Kier alpha value is -1.15. The average molecular weight is 272 g/mol. The fourth-order valence-corrected chi connectivity index (χ4v) is 1.35. The summed E-state index contributed by atoms with van der Waals surface area (Å²) in [5.74, 6) is -1.16. The predicted molar refractivity (Wildman–Crippen MR) is 51.0 cm³/mol. The van der Waals surface area contributed by atoms with Crippen LogP contribution in [0.4, 0.5) is 17.6 Å². The topological polar surface area (TPSA) is 43.4 Å². The molecule has 0 fully saturated rings. The van der Waals surface area contributed by atoms with Gasteiger partial charge in [0.1, 0.15) is 5.82 Å². The van der Waals surface area contributed by atoms with E-state index in [1.165, 1.54) is 0 Å². The highest BCUT2D eigenvalue weighted by atomic mass is 32.2. The second kappa shape index (κ2) is 4.61. The first kappa shape index (κ1) is 13.9. The molecule has 1 rings (SSSR count). The molecule has 0 heterocycles. The third-order valence-electron chi connectivity index (χ3n) is 1.81. The second-order valence-electron chi connectivity index (χ2n) is 3.27. The highest BCUT2D eigenvalue weighted by molar-refractivity contribution is 7.85. The zero-order chi connectivity index (χ0) is 13.3. The van der Waals surface area contributed by atoms with Gasteiger partial charge in [-0.2, -0.15) is 21.6 Å². The van der Waals surface area contributed by atoms with E-state index >= 15 is 0 Å². The smallest absolute Gasteiger partial charge is 0.265 e. The van der Waals surface area contributed by atoms with E-state index in [2.05, 4.69) is 4.18 Å². The van der Waals surface area contributed by atoms with Crippen LogP contribution in [-0.2, 0) is 27.1 Å². The number of benzene rings is 1. The molecule has 0 aliphatic rings. The number of rotatable bonds is 3. The van der Waals surface area contributed by atoms with Crippen LogP contribution in [0, 0.1) is 5.82 Å². The number of hydrogen-bond acceptors (Lipinski definition) is 3. The van der Waals surface area contributed by atoms with Crippen molar-refractivity contribution in [2.75, 3.05) is 6.26 Å². The SMILES string of the molecule is CS(=O)(=O)OCc1ccc(C(F)(F)F)cc1F. The van der Waals surface area contributed by atoms with Crippen LogP contribution in [0.3, 0.4) is 0 Å². The van der Waals surface area contributed by atoms with Crippen molar-refractivity contribution in [3.8, 4) is 0 Å². The molecule has 0 saturated carbocycles. The lowest BCUT2D eigenvalue weighted by Crippen LogP contribution is -2.08. The van der Waals surface area contributed by atoms with Crippen molar-refractivity contribution in [3.05, 3.63) is 35.1 Å². The van der Waals surface area contributed by atoms with Crippen molar-refractivity contribution in [3.63, 3.8) is 0 Å². The summed E-state index contributed by atoms with van der Waals surface area (Å²) in [7, 11) is -3.77. The summed E-state index contributed by atoms with van der Waals surface area (Å²) in [5.41, 5.74) is -1.40. The molecule has 0 aliphatic heterocycles. The van der Waals surface area contributed by atoms with E-state index < -0.39 is 34.3 Å². The van der Waals surface area contributed by atoms with Gasteiger partial charge in [-0.1, -0.05) is 6.07 Å². The van der Waals surface area contributed by atoms with Gasteiger partial charge >= 0.3 is 6.18 Å². The van der Waals surface area contributed by atoms with Gasteiger partial charge in [0.2, 0.25) is 0 Å². The van der Waals surface area contributed by atoms with Crippen molar-refractivity contribution in [1.29, 1.82) is 0 Å². The zero-order valence-electron chi connectivity index (χ0n) is 8.58. The highest BCUT2D eigenvalue weighted by Gasteiger charge is 2.31. The molecular formula is C9H8F4O3S. The van der Waals surface area contributed by atoms with E-state index in [1.807, 2.05) is 0 Å². The zero-order valence-corrected chi connectivity index (χ0v) is 9.40. The molecule has 0 unspecified atom stereocenters. The molecule has 0 N–H and O–H groups in total. The van der Waals surface area contributed by atoms with Gasteiger partial charge in [-0.3, -0.25) is 4.18 Å². The van der Waals surface area contributed by atoms with Crippen molar-refractivity contribution >= 4 is 10.1 Å². The first-order valence-corrected chi connectivity index (χ1v) is 6.11. The normalized spacial score (nSPS) is 12.8. The fraction of sp³-hybridized carbons (Fsp3) is 0.333. The Morgan fingerprint density at radius 2 is 1.88 bits per heavy atom. The van der Waals surface area contributed by atoms with Gasteiger partial charge in [-0.25, -0.2) is 4.39 Å². The maximum absolute atomic E-state index is 13.2. The number of hydrogen-bond donors (Lipinski definition) is 0. The van der Waals surface area contributed by atoms with Crippen molar-refractivity contribution in [2.24, 2.45) is 0 Å². The summed E-state index contributed by atoms with van der Waals surface area (Å²) in [6.45, 7) is -0.636. The first-order chi connectivity index (χ1) is 7.59. The maximum atomic E-state index is 13.2. The summed E-state index contributed by atoms with van der Waals surface area (Å²) in [5, 5.41) is 0. The molecule has 0 aliphatic carbocycles. The Morgan fingerprint density at radius 1 is 1.29 bits per heavy atom. The summed E-state index contributed by atoms with van der Waals surface area (Å²) in [4.78, 5) is 0. The van der Waals surface area contributed by atoms with Crippen molar-refractivity contribution in [2.45, 2.75) is 12.8 Å².